The zero-order chi connectivity index (χ0) is 16.4. The molecule has 3 rings (SSSR count). The Morgan fingerprint density at radius 3 is 2.87 bits per heavy atom. The maximum atomic E-state index is 13.7. The highest BCUT2D eigenvalue weighted by molar-refractivity contribution is 5.33. The van der Waals surface area contributed by atoms with Crippen molar-refractivity contribution in [3.63, 3.8) is 0 Å². The van der Waals surface area contributed by atoms with Crippen LogP contribution in [0.25, 0.3) is 0 Å². The molecule has 0 bridgehead atoms. The zero-order valence-electron chi connectivity index (χ0n) is 13.1. The Bertz CT molecular complexity index is 738. The number of nitriles is 1. The summed E-state index contributed by atoms with van der Waals surface area (Å²) in [5.74, 6) is -0.324. The first-order chi connectivity index (χ1) is 11.1. The molecule has 2 aromatic rings. The summed E-state index contributed by atoms with van der Waals surface area (Å²) in [7, 11) is 3.53. The number of ether oxygens (including phenoxy) is 1. The van der Waals surface area contributed by atoms with Gasteiger partial charge in [-0.05, 0) is 17.7 Å². The number of methoxy groups -OCH3 is 1. The first-order valence-electron chi connectivity index (χ1n) is 7.40. The average molecular weight is 315 g/mol. The van der Waals surface area contributed by atoms with Gasteiger partial charge in [-0.15, -0.1) is 5.10 Å². The minimum Gasteiger partial charge on any atom is -0.379 e. The Labute approximate surface area is 134 Å². The highest BCUT2D eigenvalue weighted by Gasteiger charge is 2.35. The zero-order valence-corrected chi connectivity index (χ0v) is 13.1. The predicted octanol–water partition coefficient (Wildman–Crippen LogP) is 1.44. The number of aryl methyl sites for hydroxylation is 1. The van der Waals surface area contributed by atoms with Gasteiger partial charge in [0.2, 0.25) is 0 Å². The fourth-order valence-electron chi connectivity index (χ4n) is 3.04. The standard InChI is InChI=1S/C16H18FN5O/c1-21-9-15(19-20-21)13-8-22(10-16(13)23-2)7-11-3-4-12(6-18)14(17)5-11/h3-5,9,13,16H,7-8,10H2,1-2H3/t13-,16+/m0/s1. The van der Waals surface area contributed by atoms with Crippen molar-refractivity contribution in [1.82, 2.24) is 19.9 Å². The van der Waals surface area contributed by atoms with E-state index in [4.69, 9.17) is 10.00 Å². The minimum atomic E-state index is -0.474. The summed E-state index contributed by atoms with van der Waals surface area (Å²) in [5, 5.41) is 17.0. The molecule has 0 amide bonds. The molecule has 6 nitrogen and oxygen atoms in total. The van der Waals surface area contributed by atoms with E-state index in [9.17, 15) is 4.39 Å². The SMILES string of the molecule is CO[C@@H]1CN(Cc2ccc(C#N)c(F)c2)C[C@H]1c1cn(C)nn1. The number of hydrogen-bond acceptors (Lipinski definition) is 5. The van der Waals surface area contributed by atoms with Crippen LogP contribution in [0.15, 0.2) is 24.4 Å². The summed E-state index contributed by atoms with van der Waals surface area (Å²) >= 11 is 0. The van der Waals surface area contributed by atoms with Crippen LogP contribution in [0, 0.1) is 17.1 Å². The molecule has 0 aliphatic carbocycles. The highest BCUT2D eigenvalue weighted by atomic mass is 19.1. The summed E-state index contributed by atoms with van der Waals surface area (Å²) < 4.78 is 21.0. The van der Waals surface area contributed by atoms with Crippen LogP contribution in [0.2, 0.25) is 0 Å². The fraction of sp³-hybridized carbons (Fsp3) is 0.438. The molecule has 0 N–H and O–H groups in total. The van der Waals surface area contributed by atoms with E-state index >= 15 is 0 Å². The third kappa shape index (κ3) is 3.23. The summed E-state index contributed by atoms with van der Waals surface area (Å²) in [6.07, 6.45) is 1.94. The number of nitrogens with zero attached hydrogens (tertiary/aromatic N) is 5. The van der Waals surface area contributed by atoms with Gasteiger partial charge >= 0.3 is 0 Å². The molecule has 0 saturated carbocycles. The molecular weight excluding hydrogens is 297 g/mol. The molecule has 1 aromatic heterocycles. The van der Waals surface area contributed by atoms with Gasteiger partial charge in [0.25, 0.3) is 0 Å². The van der Waals surface area contributed by atoms with Crippen molar-refractivity contribution in [2.45, 2.75) is 18.6 Å². The van der Waals surface area contributed by atoms with Crippen LogP contribution >= 0.6 is 0 Å². The molecule has 0 spiro atoms. The summed E-state index contributed by atoms with van der Waals surface area (Å²) in [6.45, 7) is 2.14. The number of aromatic nitrogens is 3. The van der Waals surface area contributed by atoms with Crippen molar-refractivity contribution in [3.05, 3.63) is 47.0 Å². The molecule has 7 heteroatoms. The summed E-state index contributed by atoms with van der Waals surface area (Å²) in [6, 6.07) is 6.58. The van der Waals surface area contributed by atoms with Crippen molar-refractivity contribution in [3.8, 4) is 6.07 Å². The van der Waals surface area contributed by atoms with E-state index in [1.165, 1.54) is 12.1 Å². The van der Waals surface area contributed by atoms with Crippen molar-refractivity contribution in [2.75, 3.05) is 20.2 Å². The van der Waals surface area contributed by atoms with Gasteiger partial charge in [-0.25, -0.2) is 4.39 Å². The topological polar surface area (TPSA) is 67.0 Å². The van der Waals surface area contributed by atoms with Crippen molar-refractivity contribution >= 4 is 0 Å². The Balaban J connectivity index is 1.72. The maximum Gasteiger partial charge on any atom is 0.141 e. The van der Waals surface area contributed by atoms with Crippen LogP contribution < -0.4 is 0 Å². The van der Waals surface area contributed by atoms with Crippen molar-refractivity contribution < 1.29 is 9.13 Å². The molecule has 1 fully saturated rings. The lowest BCUT2D eigenvalue weighted by Crippen LogP contribution is -2.22. The van der Waals surface area contributed by atoms with Gasteiger partial charge in [0.05, 0.1) is 17.4 Å². The first kappa shape index (κ1) is 15.6. The van der Waals surface area contributed by atoms with E-state index in [2.05, 4.69) is 15.2 Å². The number of hydrogen-bond donors (Lipinski definition) is 0. The van der Waals surface area contributed by atoms with E-state index in [0.717, 1.165) is 24.3 Å². The number of rotatable bonds is 4. The quantitative estimate of drug-likeness (QED) is 0.854. The summed E-state index contributed by atoms with van der Waals surface area (Å²) in [4.78, 5) is 2.20. The molecule has 0 radical (unpaired) electrons. The van der Waals surface area contributed by atoms with Gasteiger partial charge < -0.3 is 4.74 Å². The molecule has 1 aromatic carbocycles. The summed E-state index contributed by atoms with van der Waals surface area (Å²) in [5.41, 5.74) is 1.83. The fourth-order valence-corrected chi connectivity index (χ4v) is 3.04. The molecule has 2 atom stereocenters. The van der Waals surface area contributed by atoms with Crippen LogP contribution in [0.3, 0.4) is 0 Å². The van der Waals surface area contributed by atoms with E-state index in [1.54, 1.807) is 17.9 Å². The second-order valence-electron chi connectivity index (χ2n) is 5.82. The van der Waals surface area contributed by atoms with Gasteiger partial charge in [-0.1, -0.05) is 11.3 Å². The Morgan fingerprint density at radius 1 is 1.43 bits per heavy atom. The number of halogens is 1. The normalized spacial score (nSPS) is 21.5. The van der Waals surface area contributed by atoms with E-state index in [-0.39, 0.29) is 17.6 Å². The van der Waals surface area contributed by atoms with Crippen LogP contribution in [0.4, 0.5) is 4.39 Å². The third-order valence-electron chi connectivity index (χ3n) is 4.20. The van der Waals surface area contributed by atoms with Crippen LogP contribution in [-0.4, -0.2) is 46.2 Å². The monoisotopic (exact) mass is 315 g/mol. The van der Waals surface area contributed by atoms with Gasteiger partial charge in [0, 0.05) is 45.9 Å². The molecule has 1 aliphatic rings. The number of likely N-dealkylation sites (tertiary alicyclic amines) is 1. The van der Waals surface area contributed by atoms with E-state index in [1.807, 2.05) is 19.3 Å². The second-order valence-corrected chi connectivity index (χ2v) is 5.82. The van der Waals surface area contributed by atoms with E-state index < -0.39 is 5.82 Å². The lowest BCUT2D eigenvalue weighted by molar-refractivity contribution is 0.0957. The Hall–Kier alpha value is -2.30. The van der Waals surface area contributed by atoms with Crippen LogP contribution in [-0.2, 0) is 18.3 Å². The lowest BCUT2D eigenvalue weighted by Gasteiger charge is -2.15. The van der Waals surface area contributed by atoms with E-state index in [0.29, 0.717) is 6.54 Å². The molecule has 120 valence electrons. The van der Waals surface area contributed by atoms with Gasteiger partial charge in [0.1, 0.15) is 11.9 Å². The van der Waals surface area contributed by atoms with Gasteiger partial charge in [0.15, 0.2) is 0 Å². The smallest absolute Gasteiger partial charge is 0.141 e. The molecule has 23 heavy (non-hydrogen) atoms. The van der Waals surface area contributed by atoms with Crippen molar-refractivity contribution in [1.29, 1.82) is 5.26 Å². The molecule has 1 aliphatic heterocycles. The Morgan fingerprint density at radius 2 is 2.26 bits per heavy atom. The highest BCUT2D eigenvalue weighted by Crippen LogP contribution is 2.29. The molecule has 0 unspecified atom stereocenters. The lowest BCUT2D eigenvalue weighted by atomic mass is 10.0. The number of benzene rings is 1. The molecule has 2 heterocycles. The van der Waals surface area contributed by atoms with Gasteiger partial charge in [-0.3, -0.25) is 9.58 Å². The van der Waals surface area contributed by atoms with Gasteiger partial charge in [-0.2, -0.15) is 5.26 Å². The third-order valence-corrected chi connectivity index (χ3v) is 4.20. The molecular formula is C16H18FN5O. The maximum absolute atomic E-state index is 13.7. The van der Waals surface area contributed by atoms with Crippen LogP contribution in [0.1, 0.15) is 22.7 Å². The van der Waals surface area contributed by atoms with Crippen molar-refractivity contribution in [2.24, 2.45) is 7.05 Å². The van der Waals surface area contributed by atoms with Crippen LogP contribution in [0.5, 0.6) is 0 Å². The second kappa shape index (κ2) is 6.44. The molecule has 1 saturated heterocycles. The first-order valence-corrected chi connectivity index (χ1v) is 7.40. The predicted molar refractivity (Wildman–Crippen MR) is 80.9 cm³/mol. The Kier molecular flexibility index (Phi) is 4.37. The largest absolute Gasteiger partial charge is 0.379 e. The minimum absolute atomic E-state index is 0.0370. The average Bonchev–Trinajstić information content (AvgIpc) is 3.13.